The van der Waals surface area contributed by atoms with Crippen LogP contribution in [0.4, 0.5) is 0 Å². The molecule has 0 atom stereocenters. The van der Waals surface area contributed by atoms with Gasteiger partial charge in [-0.05, 0) is 43.2 Å². The fourth-order valence-corrected chi connectivity index (χ4v) is 4.40. The van der Waals surface area contributed by atoms with Crippen molar-refractivity contribution >= 4 is 44.9 Å². The Kier molecular flexibility index (Phi) is 6.08. The van der Waals surface area contributed by atoms with E-state index < -0.39 is 11.9 Å². The molecule has 0 radical (unpaired) electrons. The molecule has 1 aliphatic heterocycles. The Morgan fingerprint density at radius 3 is 2.62 bits per heavy atom. The van der Waals surface area contributed by atoms with Crippen LogP contribution < -0.4 is 11.0 Å². The first-order valence-corrected chi connectivity index (χ1v) is 10.8. The molecule has 4 rings (SSSR count). The number of piperidine rings is 1. The third kappa shape index (κ3) is 4.42. The van der Waals surface area contributed by atoms with Crippen LogP contribution in [0.25, 0.3) is 11.2 Å². The van der Waals surface area contributed by atoms with E-state index in [0.717, 1.165) is 5.52 Å². The van der Waals surface area contributed by atoms with Crippen molar-refractivity contribution in [1.82, 2.24) is 24.8 Å². The number of nitrogens with one attached hydrogen (secondary N) is 2. The fraction of sp³-hybridized carbons (Fsp3) is 0.286. The van der Waals surface area contributed by atoms with Gasteiger partial charge in [-0.3, -0.25) is 19.1 Å². The molecule has 0 bridgehead atoms. The quantitative estimate of drug-likeness (QED) is 0.487. The summed E-state index contributed by atoms with van der Waals surface area (Å²) >= 11 is 3.19. The van der Waals surface area contributed by atoms with Gasteiger partial charge < -0.3 is 15.3 Å². The highest BCUT2D eigenvalue weighted by Gasteiger charge is 2.26. The molecule has 3 heterocycles. The molecule has 32 heavy (non-hydrogen) atoms. The highest BCUT2D eigenvalue weighted by Crippen LogP contribution is 2.24. The number of H-pyrrole nitrogens is 1. The van der Waals surface area contributed by atoms with Gasteiger partial charge in [0.1, 0.15) is 0 Å². The zero-order chi connectivity index (χ0) is 22.8. The molecule has 0 unspecified atom stereocenters. The molecule has 0 saturated carbocycles. The van der Waals surface area contributed by atoms with Crippen molar-refractivity contribution in [1.29, 1.82) is 0 Å². The van der Waals surface area contributed by atoms with Gasteiger partial charge >= 0.3 is 11.7 Å². The summed E-state index contributed by atoms with van der Waals surface area (Å²) in [5, 5.41) is 11.7. The predicted molar refractivity (Wildman–Crippen MR) is 119 cm³/mol. The molecule has 1 aliphatic rings. The number of halogens is 1. The van der Waals surface area contributed by atoms with E-state index in [1.54, 1.807) is 21.7 Å². The highest BCUT2D eigenvalue weighted by atomic mass is 79.9. The minimum Gasteiger partial charge on any atom is -0.478 e. The van der Waals surface area contributed by atoms with Gasteiger partial charge in [0, 0.05) is 35.4 Å². The van der Waals surface area contributed by atoms with Crippen molar-refractivity contribution in [3.05, 3.63) is 62.6 Å². The van der Waals surface area contributed by atoms with Crippen LogP contribution in [0.5, 0.6) is 0 Å². The SMILES string of the molecule is O=C(O)c1cc(Br)cc(C(=O)NCC(=O)N2CCC(n3c(=O)[nH]c4ncccc43)CC2)c1. The number of amides is 2. The summed E-state index contributed by atoms with van der Waals surface area (Å²) in [5.74, 6) is -1.92. The van der Waals surface area contributed by atoms with E-state index in [4.69, 9.17) is 5.11 Å². The Bertz CT molecular complexity index is 1260. The average molecular weight is 502 g/mol. The summed E-state index contributed by atoms with van der Waals surface area (Å²) in [7, 11) is 0. The highest BCUT2D eigenvalue weighted by molar-refractivity contribution is 9.10. The van der Waals surface area contributed by atoms with Crippen molar-refractivity contribution in [2.24, 2.45) is 0 Å². The lowest BCUT2D eigenvalue weighted by atomic mass is 10.0. The van der Waals surface area contributed by atoms with Gasteiger partial charge in [-0.2, -0.15) is 0 Å². The number of hydrogen-bond acceptors (Lipinski definition) is 5. The first-order chi connectivity index (χ1) is 15.3. The van der Waals surface area contributed by atoms with Crippen LogP contribution in [-0.4, -0.2) is 62.0 Å². The Morgan fingerprint density at radius 1 is 1.19 bits per heavy atom. The number of aromatic carboxylic acids is 1. The zero-order valence-corrected chi connectivity index (χ0v) is 18.5. The number of pyridine rings is 1. The van der Waals surface area contributed by atoms with E-state index >= 15 is 0 Å². The van der Waals surface area contributed by atoms with Crippen molar-refractivity contribution in [2.45, 2.75) is 18.9 Å². The summed E-state index contributed by atoms with van der Waals surface area (Å²) in [6.07, 6.45) is 2.83. The normalized spacial score (nSPS) is 14.5. The van der Waals surface area contributed by atoms with Crippen LogP contribution in [0.1, 0.15) is 39.6 Å². The lowest BCUT2D eigenvalue weighted by molar-refractivity contribution is -0.131. The van der Waals surface area contributed by atoms with E-state index in [1.807, 2.05) is 6.07 Å². The maximum Gasteiger partial charge on any atom is 0.335 e. The number of nitrogens with zero attached hydrogens (tertiary/aromatic N) is 3. The molecule has 0 aliphatic carbocycles. The number of imidazole rings is 1. The van der Waals surface area contributed by atoms with Gasteiger partial charge in [0.25, 0.3) is 5.91 Å². The van der Waals surface area contributed by atoms with Crippen LogP contribution in [0.2, 0.25) is 0 Å². The Labute approximate surface area is 190 Å². The van der Waals surface area contributed by atoms with Crippen LogP contribution in [0, 0.1) is 0 Å². The number of carbonyl (C=O) groups is 3. The molecule has 0 spiro atoms. The van der Waals surface area contributed by atoms with Gasteiger partial charge in [0.05, 0.1) is 17.6 Å². The number of rotatable bonds is 5. The molecule has 3 aromatic rings. The van der Waals surface area contributed by atoms with Gasteiger partial charge in [0.15, 0.2) is 5.65 Å². The number of benzene rings is 1. The van der Waals surface area contributed by atoms with Crippen molar-refractivity contribution in [2.75, 3.05) is 19.6 Å². The van der Waals surface area contributed by atoms with E-state index in [1.165, 1.54) is 18.2 Å². The average Bonchev–Trinajstić information content (AvgIpc) is 3.12. The van der Waals surface area contributed by atoms with Gasteiger partial charge in [0.2, 0.25) is 5.91 Å². The molecule has 1 saturated heterocycles. The van der Waals surface area contributed by atoms with Gasteiger partial charge in [-0.1, -0.05) is 15.9 Å². The molecule has 2 amide bonds. The molecule has 3 N–H and O–H groups in total. The lowest BCUT2D eigenvalue weighted by Crippen LogP contribution is -2.45. The number of hydrogen-bond donors (Lipinski definition) is 3. The standard InChI is InChI=1S/C21H20BrN5O5/c22-14-9-12(8-13(10-14)20(30)31)19(29)24-11-17(28)26-6-3-15(4-7-26)27-16-2-1-5-23-18(16)25-21(27)32/h1-2,5,8-10,15H,3-4,6-7,11H2,(H,24,29)(H,30,31)(H,23,25,32). The monoisotopic (exact) mass is 501 g/mol. The molecular weight excluding hydrogens is 482 g/mol. The number of carboxylic acid groups (broad SMARTS) is 1. The smallest absolute Gasteiger partial charge is 0.335 e. The molecule has 10 nitrogen and oxygen atoms in total. The summed E-state index contributed by atoms with van der Waals surface area (Å²) in [4.78, 5) is 57.0. The number of aromatic amines is 1. The largest absolute Gasteiger partial charge is 0.478 e. The first kappa shape index (κ1) is 21.8. The van der Waals surface area contributed by atoms with Crippen LogP contribution in [0.3, 0.4) is 0 Å². The van der Waals surface area contributed by atoms with Crippen molar-refractivity contribution in [3.8, 4) is 0 Å². The number of likely N-dealkylation sites (tertiary alicyclic amines) is 1. The summed E-state index contributed by atoms with van der Waals surface area (Å²) < 4.78 is 2.15. The minimum atomic E-state index is -1.15. The molecular formula is C21H20BrN5O5. The second-order valence-corrected chi connectivity index (χ2v) is 8.42. The van der Waals surface area contributed by atoms with Crippen molar-refractivity contribution < 1.29 is 19.5 Å². The van der Waals surface area contributed by atoms with Gasteiger partial charge in [-0.25, -0.2) is 14.6 Å². The lowest BCUT2D eigenvalue weighted by Gasteiger charge is -2.32. The Balaban J connectivity index is 1.35. The molecule has 11 heteroatoms. The second-order valence-electron chi connectivity index (χ2n) is 7.50. The number of carbonyl (C=O) groups excluding carboxylic acids is 2. The Morgan fingerprint density at radius 2 is 1.91 bits per heavy atom. The first-order valence-electron chi connectivity index (χ1n) is 9.98. The third-order valence-electron chi connectivity index (χ3n) is 5.48. The number of fused-ring (bicyclic) bond motifs is 1. The predicted octanol–water partition coefficient (Wildman–Crippen LogP) is 1.78. The maximum absolute atomic E-state index is 12.6. The summed E-state index contributed by atoms with van der Waals surface area (Å²) in [6, 6.07) is 7.71. The van der Waals surface area contributed by atoms with E-state index in [2.05, 4.69) is 31.2 Å². The zero-order valence-electron chi connectivity index (χ0n) is 16.9. The molecule has 1 aromatic carbocycles. The van der Waals surface area contributed by atoms with Gasteiger partial charge in [-0.15, -0.1) is 0 Å². The van der Waals surface area contributed by atoms with E-state index in [-0.39, 0.29) is 35.3 Å². The molecule has 2 aromatic heterocycles. The number of carboxylic acids is 1. The maximum atomic E-state index is 12.6. The molecule has 166 valence electrons. The van der Waals surface area contributed by atoms with Crippen LogP contribution >= 0.6 is 15.9 Å². The summed E-state index contributed by atoms with van der Waals surface area (Å²) in [6.45, 7) is 0.715. The van der Waals surface area contributed by atoms with Crippen molar-refractivity contribution in [3.63, 3.8) is 0 Å². The third-order valence-corrected chi connectivity index (χ3v) is 5.94. The minimum absolute atomic E-state index is 0.0272. The van der Waals surface area contributed by atoms with E-state index in [0.29, 0.717) is 36.1 Å². The topological polar surface area (TPSA) is 137 Å². The second kappa shape index (κ2) is 8.95. The molecule has 1 fully saturated rings. The summed E-state index contributed by atoms with van der Waals surface area (Å²) in [5.41, 5.74) is 1.18. The van der Waals surface area contributed by atoms with E-state index in [9.17, 15) is 19.2 Å². The fourth-order valence-electron chi connectivity index (χ4n) is 3.91. The number of aromatic nitrogens is 3. The van der Waals surface area contributed by atoms with Crippen LogP contribution in [-0.2, 0) is 4.79 Å². The van der Waals surface area contributed by atoms with Crippen LogP contribution in [0.15, 0.2) is 45.8 Å². The Hall–Kier alpha value is -3.47.